The first-order valence-electron chi connectivity index (χ1n) is 9.57. The van der Waals surface area contributed by atoms with E-state index < -0.39 is 0 Å². The molecular formula is C21H24ClN3O3. The number of amides is 1. The lowest BCUT2D eigenvalue weighted by molar-refractivity contribution is -0.135. The summed E-state index contributed by atoms with van der Waals surface area (Å²) < 4.78 is 11.7. The fraction of sp³-hybridized carbons (Fsp3) is 0.476. The number of nitrogens with zero attached hydrogens (tertiary/aromatic N) is 2. The molecule has 0 unspecified atom stereocenters. The van der Waals surface area contributed by atoms with Crippen LogP contribution in [0.25, 0.3) is 11.1 Å². The van der Waals surface area contributed by atoms with E-state index in [1.54, 1.807) is 12.4 Å². The van der Waals surface area contributed by atoms with Crippen LogP contribution in [0.2, 0.25) is 5.02 Å². The van der Waals surface area contributed by atoms with Crippen molar-refractivity contribution in [2.75, 3.05) is 13.2 Å². The zero-order valence-corrected chi connectivity index (χ0v) is 16.8. The third-order valence-corrected chi connectivity index (χ3v) is 5.60. The zero-order valence-electron chi connectivity index (χ0n) is 16.1. The van der Waals surface area contributed by atoms with Gasteiger partial charge in [-0.05, 0) is 44.4 Å². The lowest BCUT2D eigenvalue weighted by Gasteiger charge is -2.34. The van der Waals surface area contributed by atoms with Gasteiger partial charge < -0.3 is 14.8 Å². The van der Waals surface area contributed by atoms with E-state index >= 15 is 0 Å². The highest BCUT2D eigenvalue weighted by atomic mass is 35.5. The molecule has 1 saturated heterocycles. The van der Waals surface area contributed by atoms with Crippen LogP contribution in [0.15, 0.2) is 30.9 Å². The molecule has 2 atom stereocenters. The molecule has 0 bridgehead atoms. The molecule has 28 heavy (non-hydrogen) atoms. The normalized spacial score (nSPS) is 23.0. The van der Waals surface area contributed by atoms with Crippen molar-refractivity contribution >= 4 is 17.5 Å². The van der Waals surface area contributed by atoms with Gasteiger partial charge >= 0.3 is 0 Å². The number of hydrogen-bond acceptors (Lipinski definition) is 5. The SMILES string of the molecule is CC1(C)C[C@@H](C(=O)NC[C@H]2Cc3cc(-c4cncnc4)cc(Cl)c3O2)CCO1. The first-order valence-corrected chi connectivity index (χ1v) is 9.95. The Morgan fingerprint density at radius 3 is 2.82 bits per heavy atom. The van der Waals surface area contributed by atoms with E-state index in [0.717, 1.165) is 29.5 Å². The van der Waals surface area contributed by atoms with Crippen LogP contribution in [-0.2, 0) is 16.0 Å². The van der Waals surface area contributed by atoms with Crippen LogP contribution in [0.3, 0.4) is 0 Å². The minimum atomic E-state index is -0.245. The monoisotopic (exact) mass is 401 g/mol. The van der Waals surface area contributed by atoms with Crippen LogP contribution in [0.4, 0.5) is 0 Å². The minimum absolute atomic E-state index is 0.0131. The molecule has 2 aliphatic rings. The lowest BCUT2D eigenvalue weighted by atomic mass is 9.88. The van der Waals surface area contributed by atoms with Crippen molar-refractivity contribution in [1.29, 1.82) is 0 Å². The van der Waals surface area contributed by atoms with Gasteiger partial charge in [-0.25, -0.2) is 9.97 Å². The highest BCUT2D eigenvalue weighted by Gasteiger charge is 2.33. The highest BCUT2D eigenvalue weighted by molar-refractivity contribution is 6.32. The Balaban J connectivity index is 1.39. The molecule has 2 aromatic rings. The quantitative estimate of drug-likeness (QED) is 0.849. The van der Waals surface area contributed by atoms with Crippen molar-refractivity contribution in [3.8, 4) is 16.9 Å². The Morgan fingerprint density at radius 1 is 1.29 bits per heavy atom. The molecule has 1 fully saturated rings. The molecule has 1 N–H and O–H groups in total. The summed E-state index contributed by atoms with van der Waals surface area (Å²) >= 11 is 6.44. The van der Waals surface area contributed by atoms with E-state index in [4.69, 9.17) is 21.1 Å². The second-order valence-corrected chi connectivity index (χ2v) is 8.47. The maximum absolute atomic E-state index is 12.6. The molecule has 4 rings (SSSR count). The van der Waals surface area contributed by atoms with Gasteiger partial charge in [-0.1, -0.05) is 11.6 Å². The molecule has 0 saturated carbocycles. The van der Waals surface area contributed by atoms with Gasteiger partial charge in [0, 0.05) is 42.5 Å². The summed E-state index contributed by atoms with van der Waals surface area (Å²) in [5.41, 5.74) is 2.66. The van der Waals surface area contributed by atoms with Gasteiger partial charge in [-0.2, -0.15) is 0 Å². The predicted octanol–water partition coefficient (Wildman–Crippen LogP) is 3.42. The Kier molecular flexibility index (Phi) is 5.25. The number of nitrogens with one attached hydrogen (secondary N) is 1. The van der Waals surface area contributed by atoms with E-state index in [1.807, 2.05) is 19.9 Å². The van der Waals surface area contributed by atoms with Crippen molar-refractivity contribution in [2.24, 2.45) is 5.92 Å². The molecule has 6 nitrogen and oxygen atoms in total. The standard InChI is InChI=1S/C21H24ClN3O3/c1-21(2)8-13(3-4-27-21)20(26)25-11-17-6-15-5-14(7-18(22)19(15)28-17)16-9-23-12-24-10-16/h5,7,9-10,12-13,17H,3-4,6,8,11H2,1-2H3,(H,25,26)/t13-,17+/m0/s1. The first kappa shape index (κ1) is 19.2. The number of fused-ring (bicyclic) bond motifs is 1. The van der Waals surface area contributed by atoms with Gasteiger partial charge in [0.05, 0.1) is 17.2 Å². The molecule has 7 heteroatoms. The number of ether oxygens (including phenoxy) is 2. The van der Waals surface area contributed by atoms with Gasteiger partial charge in [-0.15, -0.1) is 0 Å². The number of carbonyl (C=O) groups excluding carboxylic acids is 1. The molecule has 3 heterocycles. The van der Waals surface area contributed by atoms with Gasteiger partial charge in [-0.3, -0.25) is 4.79 Å². The van der Waals surface area contributed by atoms with Crippen molar-refractivity contribution in [2.45, 2.75) is 44.8 Å². The molecule has 1 amide bonds. The van der Waals surface area contributed by atoms with Crippen LogP contribution < -0.4 is 10.1 Å². The smallest absolute Gasteiger partial charge is 0.223 e. The van der Waals surface area contributed by atoms with E-state index in [-0.39, 0.29) is 23.5 Å². The van der Waals surface area contributed by atoms with Gasteiger partial charge in [0.25, 0.3) is 0 Å². The fourth-order valence-corrected chi connectivity index (χ4v) is 4.21. The van der Waals surface area contributed by atoms with Crippen LogP contribution >= 0.6 is 11.6 Å². The molecule has 1 aromatic carbocycles. The van der Waals surface area contributed by atoms with Crippen molar-refractivity contribution < 1.29 is 14.3 Å². The Hall–Kier alpha value is -2.18. The number of rotatable bonds is 4. The minimum Gasteiger partial charge on any atom is -0.486 e. The van der Waals surface area contributed by atoms with E-state index in [9.17, 15) is 4.79 Å². The molecule has 148 valence electrons. The number of hydrogen-bond donors (Lipinski definition) is 1. The van der Waals surface area contributed by atoms with E-state index in [2.05, 4.69) is 21.4 Å². The number of carbonyl (C=O) groups is 1. The zero-order chi connectivity index (χ0) is 19.7. The number of aromatic nitrogens is 2. The number of halogens is 1. The summed E-state index contributed by atoms with van der Waals surface area (Å²) in [4.78, 5) is 20.7. The summed E-state index contributed by atoms with van der Waals surface area (Å²) in [6, 6.07) is 3.92. The Bertz CT molecular complexity index is 873. The van der Waals surface area contributed by atoms with Crippen molar-refractivity contribution in [3.05, 3.63) is 41.4 Å². The summed E-state index contributed by atoms with van der Waals surface area (Å²) in [6.45, 7) is 5.14. The van der Waals surface area contributed by atoms with Gasteiger partial charge in [0.2, 0.25) is 5.91 Å². The maximum Gasteiger partial charge on any atom is 0.223 e. The molecule has 1 aromatic heterocycles. The molecule has 0 radical (unpaired) electrons. The first-order chi connectivity index (χ1) is 13.4. The summed E-state index contributed by atoms with van der Waals surface area (Å²) in [6.07, 6.45) is 7.10. The largest absolute Gasteiger partial charge is 0.486 e. The second kappa shape index (κ2) is 7.68. The van der Waals surface area contributed by atoms with Crippen LogP contribution in [0.1, 0.15) is 32.3 Å². The van der Waals surface area contributed by atoms with Crippen LogP contribution in [0, 0.1) is 5.92 Å². The van der Waals surface area contributed by atoms with Gasteiger partial charge in [0.1, 0.15) is 18.2 Å². The number of benzene rings is 1. The third kappa shape index (κ3) is 4.13. The molecular weight excluding hydrogens is 378 g/mol. The topological polar surface area (TPSA) is 73.3 Å². The second-order valence-electron chi connectivity index (χ2n) is 8.06. The molecule has 0 spiro atoms. The Morgan fingerprint density at radius 2 is 2.07 bits per heavy atom. The Labute approximate surface area is 169 Å². The highest BCUT2D eigenvalue weighted by Crippen LogP contribution is 2.39. The summed E-state index contributed by atoms with van der Waals surface area (Å²) in [5.74, 6) is 0.763. The summed E-state index contributed by atoms with van der Waals surface area (Å²) in [7, 11) is 0. The molecule has 2 aliphatic heterocycles. The van der Waals surface area contributed by atoms with E-state index in [1.165, 1.54) is 6.33 Å². The summed E-state index contributed by atoms with van der Waals surface area (Å²) in [5, 5.41) is 3.62. The van der Waals surface area contributed by atoms with Crippen LogP contribution in [0.5, 0.6) is 5.75 Å². The lowest BCUT2D eigenvalue weighted by Crippen LogP contribution is -2.43. The van der Waals surface area contributed by atoms with Gasteiger partial charge in [0.15, 0.2) is 0 Å². The molecule has 0 aliphatic carbocycles. The van der Waals surface area contributed by atoms with Crippen LogP contribution in [-0.4, -0.2) is 40.7 Å². The maximum atomic E-state index is 12.6. The predicted molar refractivity (Wildman–Crippen MR) is 106 cm³/mol. The van der Waals surface area contributed by atoms with Crippen molar-refractivity contribution in [1.82, 2.24) is 15.3 Å². The van der Waals surface area contributed by atoms with E-state index in [0.29, 0.717) is 30.3 Å². The average molecular weight is 402 g/mol. The van der Waals surface area contributed by atoms with Crippen molar-refractivity contribution in [3.63, 3.8) is 0 Å². The third-order valence-electron chi connectivity index (χ3n) is 5.32. The fourth-order valence-electron chi connectivity index (χ4n) is 3.93. The average Bonchev–Trinajstić information content (AvgIpc) is 3.10.